The number of nitrogens with zero attached hydrogens (tertiary/aromatic N) is 1. The number of amides is 1. The lowest BCUT2D eigenvalue weighted by molar-refractivity contribution is -0.137. The number of hydrogen-bond donors (Lipinski definition) is 3. The molecular weight excluding hydrogens is 381 g/mol. The number of halogens is 3. The number of carbonyl (C=O) groups excluding carboxylic acids is 1. The normalized spacial score (nSPS) is 12.0. The van der Waals surface area contributed by atoms with Gasteiger partial charge in [-0.2, -0.15) is 13.2 Å². The van der Waals surface area contributed by atoms with Crippen LogP contribution < -0.4 is 16.0 Å². The number of hydrogen-bond acceptors (Lipinski definition) is 2. The van der Waals surface area contributed by atoms with Crippen molar-refractivity contribution in [3.05, 3.63) is 65.2 Å². The lowest BCUT2D eigenvalue weighted by Crippen LogP contribution is -2.36. The van der Waals surface area contributed by atoms with E-state index in [2.05, 4.69) is 20.9 Å². The summed E-state index contributed by atoms with van der Waals surface area (Å²) in [4.78, 5) is 15.8. The van der Waals surface area contributed by atoms with Gasteiger partial charge in [-0.1, -0.05) is 38.1 Å². The van der Waals surface area contributed by atoms with Crippen molar-refractivity contribution in [2.75, 3.05) is 12.4 Å². The van der Waals surface area contributed by atoms with Gasteiger partial charge in [0, 0.05) is 31.7 Å². The third kappa shape index (κ3) is 7.14. The molecule has 0 saturated heterocycles. The third-order valence-corrected chi connectivity index (χ3v) is 4.14. The Hall–Kier alpha value is -3.03. The zero-order valence-corrected chi connectivity index (χ0v) is 16.6. The zero-order chi connectivity index (χ0) is 21.4. The van der Waals surface area contributed by atoms with Crippen LogP contribution in [-0.4, -0.2) is 18.9 Å². The van der Waals surface area contributed by atoms with Crippen molar-refractivity contribution in [1.82, 2.24) is 10.6 Å². The Morgan fingerprint density at radius 2 is 1.62 bits per heavy atom. The first-order chi connectivity index (χ1) is 13.7. The standard InChI is InChI=1S/C21H25F3N4O/c1-14(2)19(29)28-18-9-7-15(8-10-18)12-26-20(25-3)27-13-16-5-4-6-17(11-16)21(22,23)24/h4-11,14H,12-13H2,1-3H3,(H,28,29)(H2,25,26,27). The molecule has 29 heavy (non-hydrogen) atoms. The number of guanidine groups is 1. The Balaban J connectivity index is 1.87. The summed E-state index contributed by atoms with van der Waals surface area (Å²) < 4.78 is 38.4. The quantitative estimate of drug-likeness (QED) is 0.498. The molecule has 2 rings (SSSR count). The molecule has 0 saturated carbocycles. The maximum Gasteiger partial charge on any atom is 0.416 e. The van der Waals surface area contributed by atoms with E-state index >= 15 is 0 Å². The molecule has 0 fully saturated rings. The Kier molecular flexibility index (Phi) is 7.64. The predicted octanol–water partition coefficient (Wildman–Crippen LogP) is 4.17. The van der Waals surface area contributed by atoms with Gasteiger partial charge in [0.2, 0.25) is 5.91 Å². The van der Waals surface area contributed by atoms with Crippen molar-refractivity contribution in [3.8, 4) is 0 Å². The molecule has 0 aliphatic carbocycles. The summed E-state index contributed by atoms with van der Waals surface area (Å²) in [5.41, 5.74) is 1.52. The molecule has 0 bridgehead atoms. The molecule has 8 heteroatoms. The monoisotopic (exact) mass is 406 g/mol. The Labute approximate surface area is 168 Å². The first-order valence-electron chi connectivity index (χ1n) is 9.19. The summed E-state index contributed by atoms with van der Waals surface area (Å²) >= 11 is 0. The van der Waals surface area contributed by atoms with Crippen LogP contribution in [0.5, 0.6) is 0 Å². The van der Waals surface area contributed by atoms with Crippen molar-refractivity contribution in [2.24, 2.45) is 10.9 Å². The highest BCUT2D eigenvalue weighted by molar-refractivity contribution is 5.92. The fraction of sp³-hybridized carbons (Fsp3) is 0.333. The number of anilines is 1. The summed E-state index contributed by atoms with van der Waals surface area (Å²) in [5, 5.41) is 8.93. The average Bonchev–Trinajstić information content (AvgIpc) is 2.68. The number of rotatable bonds is 6. The second-order valence-electron chi connectivity index (χ2n) is 6.82. The molecule has 0 spiro atoms. The molecule has 0 atom stereocenters. The summed E-state index contributed by atoms with van der Waals surface area (Å²) in [7, 11) is 1.59. The molecule has 0 unspecified atom stereocenters. The molecule has 2 aromatic rings. The van der Waals surface area contributed by atoms with Crippen LogP contribution >= 0.6 is 0 Å². The second kappa shape index (κ2) is 9.95. The second-order valence-corrected chi connectivity index (χ2v) is 6.82. The Bertz CT molecular complexity index is 846. The van der Waals surface area contributed by atoms with Gasteiger partial charge in [-0.05, 0) is 35.4 Å². The minimum Gasteiger partial charge on any atom is -0.352 e. The molecule has 1 amide bonds. The van der Waals surface area contributed by atoms with Crippen molar-refractivity contribution in [3.63, 3.8) is 0 Å². The van der Waals surface area contributed by atoms with Crippen LogP contribution in [0.15, 0.2) is 53.5 Å². The van der Waals surface area contributed by atoms with Crippen molar-refractivity contribution in [2.45, 2.75) is 33.1 Å². The maximum absolute atomic E-state index is 12.8. The predicted molar refractivity (Wildman–Crippen MR) is 108 cm³/mol. The van der Waals surface area contributed by atoms with E-state index in [9.17, 15) is 18.0 Å². The number of benzene rings is 2. The largest absolute Gasteiger partial charge is 0.416 e. The van der Waals surface area contributed by atoms with Crippen molar-refractivity contribution >= 4 is 17.6 Å². The van der Waals surface area contributed by atoms with Crippen LogP contribution in [0.2, 0.25) is 0 Å². The average molecular weight is 406 g/mol. The highest BCUT2D eigenvalue weighted by atomic mass is 19.4. The zero-order valence-electron chi connectivity index (χ0n) is 16.6. The smallest absolute Gasteiger partial charge is 0.352 e. The van der Waals surface area contributed by atoms with Crippen molar-refractivity contribution in [1.29, 1.82) is 0 Å². The molecule has 0 heterocycles. The van der Waals surface area contributed by atoms with Gasteiger partial charge in [0.05, 0.1) is 5.56 Å². The van der Waals surface area contributed by atoms with E-state index in [1.807, 2.05) is 38.1 Å². The number of alkyl halides is 3. The molecule has 5 nitrogen and oxygen atoms in total. The summed E-state index contributed by atoms with van der Waals surface area (Å²) in [6.07, 6.45) is -4.36. The van der Waals surface area contributed by atoms with E-state index in [0.29, 0.717) is 18.1 Å². The third-order valence-electron chi connectivity index (χ3n) is 4.14. The van der Waals surface area contributed by atoms with Gasteiger partial charge in [-0.15, -0.1) is 0 Å². The van der Waals surface area contributed by atoms with E-state index < -0.39 is 11.7 Å². The van der Waals surface area contributed by atoms with Crippen LogP contribution in [0.4, 0.5) is 18.9 Å². The number of carbonyl (C=O) groups is 1. The van der Waals surface area contributed by atoms with E-state index in [1.54, 1.807) is 13.1 Å². The van der Waals surface area contributed by atoms with E-state index in [0.717, 1.165) is 23.4 Å². The van der Waals surface area contributed by atoms with Crippen LogP contribution in [0.3, 0.4) is 0 Å². The van der Waals surface area contributed by atoms with Crippen LogP contribution in [0.25, 0.3) is 0 Å². The highest BCUT2D eigenvalue weighted by Crippen LogP contribution is 2.29. The lowest BCUT2D eigenvalue weighted by atomic mass is 10.1. The highest BCUT2D eigenvalue weighted by Gasteiger charge is 2.30. The van der Waals surface area contributed by atoms with E-state index in [-0.39, 0.29) is 18.4 Å². The molecular formula is C21H25F3N4O. The van der Waals surface area contributed by atoms with Gasteiger partial charge >= 0.3 is 6.18 Å². The fourth-order valence-corrected chi connectivity index (χ4v) is 2.44. The summed E-state index contributed by atoms with van der Waals surface area (Å²) in [6.45, 7) is 4.33. The molecule has 0 aliphatic rings. The molecule has 0 aliphatic heterocycles. The maximum atomic E-state index is 12.8. The van der Waals surface area contributed by atoms with Gasteiger partial charge in [-0.25, -0.2) is 0 Å². The SMILES string of the molecule is CN=C(NCc1ccc(NC(=O)C(C)C)cc1)NCc1cccc(C(F)(F)F)c1. The molecule has 0 radical (unpaired) electrons. The van der Waals surface area contributed by atoms with Gasteiger partial charge in [0.25, 0.3) is 0 Å². The number of aliphatic imine (C=N–C) groups is 1. The Morgan fingerprint density at radius 1 is 1.00 bits per heavy atom. The van der Waals surface area contributed by atoms with E-state index in [1.165, 1.54) is 6.07 Å². The molecule has 3 N–H and O–H groups in total. The van der Waals surface area contributed by atoms with Crippen LogP contribution in [0.1, 0.15) is 30.5 Å². The minimum absolute atomic E-state index is 0.0462. The molecule has 156 valence electrons. The first-order valence-corrected chi connectivity index (χ1v) is 9.19. The summed E-state index contributed by atoms with van der Waals surface area (Å²) in [5.74, 6) is 0.331. The van der Waals surface area contributed by atoms with Gasteiger partial charge in [0.1, 0.15) is 0 Å². The minimum atomic E-state index is -4.36. The van der Waals surface area contributed by atoms with Gasteiger partial charge < -0.3 is 16.0 Å². The van der Waals surface area contributed by atoms with Crippen LogP contribution in [-0.2, 0) is 24.1 Å². The van der Waals surface area contributed by atoms with Gasteiger partial charge in [0.15, 0.2) is 5.96 Å². The van der Waals surface area contributed by atoms with Crippen LogP contribution in [0, 0.1) is 5.92 Å². The van der Waals surface area contributed by atoms with Gasteiger partial charge in [-0.3, -0.25) is 9.79 Å². The first kappa shape index (κ1) is 22.3. The molecule has 2 aromatic carbocycles. The lowest BCUT2D eigenvalue weighted by Gasteiger charge is -2.14. The summed E-state index contributed by atoms with van der Waals surface area (Å²) in [6, 6.07) is 12.6. The fourth-order valence-electron chi connectivity index (χ4n) is 2.44. The molecule has 0 aromatic heterocycles. The van der Waals surface area contributed by atoms with E-state index in [4.69, 9.17) is 0 Å². The topological polar surface area (TPSA) is 65.5 Å². The number of nitrogens with one attached hydrogen (secondary N) is 3. The Morgan fingerprint density at radius 3 is 2.17 bits per heavy atom. The van der Waals surface area contributed by atoms with Crippen molar-refractivity contribution < 1.29 is 18.0 Å².